The Morgan fingerprint density at radius 2 is 1.44 bits per heavy atom. The Kier molecular flexibility index (Phi) is 14.3. The first-order valence-electron chi connectivity index (χ1n) is 11.5. The summed E-state index contributed by atoms with van der Waals surface area (Å²) in [5.41, 5.74) is 0.707. The van der Waals surface area contributed by atoms with Crippen LogP contribution in [0.15, 0.2) is 30.3 Å². The molecule has 32 heavy (non-hydrogen) atoms. The van der Waals surface area contributed by atoms with Crippen LogP contribution in [0.2, 0.25) is 0 Å². The maximum absolute atomic E-state index is 11.7. The van der Waals surface area contributed by atoms with Crippen molar-refractivity contribution in [2.24, 2.45) is 0 Å². The lowest BCUT2D eigenvalue weighted by atomic mass is 10.1. The number of carboxylic acids is 2. The Morgan fingerprint density at radius 3 is 1.97 bits per heavy atom. The van der Waals surface area contributed by atoms with E-state index in [4.69, 9.17) is 14.9 Å². The fourth-order valence-corrected chi connectivity index (χ4v) is 3.14. The van der Waals surface area contributed by atoms with Crippen molar-refractivity contribution >= 4 is 24.0 Å². The van der Waals surface area contributed by atoms with Gasteiger partial charge in [0.2, 0.25) is 6.10 Å². The number of carboxylic acid groups (broad SMARTS) is 2. The molecule has 0 aliphatic rings. The largest absolute Gasteiger partial charge is 0.494 e. The first kappa shape index (κ1) is 27.2. The summed E-state index contributed by atoms with van der Waals surface area (Å²) < 4.78 is 10.4. The Labute approximate surface area is 190 Å². The zero-order valence-electron chi connectivity index (χ0n) is 19.0. The van der Waals surface area contributed by atoms with Crippen LogP contribution in [0.4, 0.5) is 0 Å². The molecule has 0 amide bonds. The molecule has 0 saturated carbocycles. The van der Waals surface area contributed by atoms with Crippen LogP contribution in [0.5, 0.6) is 5.75 Å². The van der Waals surface area contributed by atoms with Crippen LogP contribution in [-0.2, 0) is 19.1 Å². The van der Waals surface area contributed by atoms with E-state index in [0.717, 1.165) is 24.7 Å². The summed E-state index contributed by atoms with van der Waals surface area (Å²) in [6.45, 7) is 2.90. The molecule has 0 bridgehead atoms. The van der Waals surface area contributed by atoms with Crippen molar-refractivity contribution in [3.05, 3.63) is 35.9 Å². The van der Waals surface area contributed by atoms with E-state index in [1.807, 2.05) is 0 Å². The smallest absolute Gasteiger partial charge is 0.345 e. The van der Waals surface area contributed by atoms with Gasteiger partial charge in [0.15, 0.2) is 0 Å². The Hall–Kier alpha value is -2.83. The maximum Gasteiger partial charge on any atom is 0.345 e. The Morgan fingerprint density at radius 1 is 0.875 bits per heavy atom. The summed E-state index contributed by atoms with van der Waals surface area (Å²) in [5.74, 6) is -3.03. The van der Waals surface area contributed by atoms with Crippen LogP contribution in [0.1, 0.15) is 83.1 Å². The molecule has 1 atom stereocenters. The summed E-state index contributed by atoms with van der Waals surface area (Å²) >= 11 is 0. The lowest BCUT2D eigenvalue weighted by molar-refractivity contribution is -0.164. The van der Waals surface area contributed by atoms with Gasteiger partial charge < -0.3 is 19.7 Å². The average Bonchev–Trinajstić information content (AvgIpc) is 2.76. The van der Waals surface area contributed by atoms with Crippen molar-refractivity contribution in [1.29, 1.82) is 0 Å². The lowest BCUT2D eigenvalue weighted by Crippen LogP contribution is -2.28. The second kappa shape index (κ2) is 16.8. The van der Waals surface area contributed by atoms with Gasteiger partial charge >= 0.3 is 17.9 Å². The average molecular weight is 449 g/mol. The predicted molar refractivity (Wildman–Crippen MR) is 123 cm³/mol. The van der Waals surface area contributed by atoms with Crippen LogP contribution >= 0.6 is 0 Å². The molecule has 0 radical (unpaired) electrons. The maximum atomic E-state index is 11.7. The van der Waals surface area contributed by atoms with Crippen molar-refractivity contribution < 1.29 is 34.1 Å². The topological polar surface area (TPSA) is 110 Å². The number of aliphatic carboxylic acids is 2. The number of unbranched alkanes of at least 4 members (excludes halogenated alkanes) is 9. The quantitative estimate of drug-likeness (QED) is 0.174. The molecule has 0 saturated heterocycles. The molecule has 7 heteroatoms. The van der Waals surface area contributed by atoms with Gasteiger partial charge in [0.25, 0.3) is 0 Å². The standard InChI is InChI=1S/C25H36O7/c1-2-3-4-5-6-7-8-9-10-11-18-31-21-15-12-20(13-16-21)14-17-24(28)32-22(25(29)30)19-23(26)27/h12-17,22H,2-11,18-19H2,1H3,(H,26,27)(H,29,30). The number of ether oxygens (including phenoxy) is 2. The van der Waals surface area contributed by atoms with E-state index in [-0.39, 0.29) is 0 Å². The zero-order chi connectivity index (χ0) is 23.6. The predicted octanol–water partition coefficient (Wildman–Crippen LogP) is 5.47. The molecule has 1 aromatic carbocycles. The molecule has 7 nitrogen and oxygen atoms in total. The van der Waals surface area contributed by atoms with Crippen molar-refractivity contribution in [2.75, 3.05) is 6.61 Å². The number of hydrogen-bond donors (Lipinski definition) is 2. The highest BCUT2D eigenvalue weighted by Gasteiger charge is 2.24. The van der Waals surface area contributed by atoms with Gasteiger partial charge in [-0.05, 0) is 30.2 Å². The molecule has 0 fully saturated rings. The third kappa shape index (κ3) is 13.5. The highest BCUT2D eigenvalue weighted by atomic mass is 16.6. The molecule has 0 aliphatic heterocycles. The van der Waals surface area contributed by atoms with Gasteiger partial charge in [-0.15, -0.1) is 0 Å². The molecule has 0 aromatic heterocycles. The van der Waals surface area contributed by atoms with E-state index in [0.29, 0.717) is 12.2 Å². The molecular weight excluding hydrogens is 412 g/mol. The molecule has 0 heterocycles. The normalized spacial score (nSPS) is 11.9. The van der Waals surface area contributed by atoms with E-state index in [2.05, 4.69) is 11.7 Å². The van der Waals surface area contributed by atoms with Crippen molar-refractivity contribution in [3.8, 4) is 5.75 Å². The van der Waals surface area contributed by atoms with Crippen LogP contribution in [0.25, 0.3) is 6.08 Å². The van der Waals surface area contributed by atoms with Crippen molar-refractivity contribution in [3.63, 3.8) is 0 Å². The van der Waals surface area contributed by atoms with Gasteiger partial charge in [0, 0.05) is 6.08 Å². The van der Waals surface area contributed by atoms with Crippen molar-refractivity contribution in [1.82, 2.24) is 0 Å². The fourth-order valence-electron chi connectivity index (χ4n) is 3.14. The summed E-state index contributed by atoms with van der Waals surface area (Å²) in [4.78, 5) is 33.3. The van der Waals surface area contributed by atoms with Crippen LogP contribution in [-0.4, -0.2) is 40.8 Å². The number of rotatable bonds is 18. The zero-order valence-corrected chi connectivity index (χ0v) is 19.0. The fraction of sp³-hybridized carbons (Fsp3) is 0.560. The summed E-state index contributed by atoms with van der Waals surface area (Å²) in [5, 5.41) is 17.5. The van der Waals surface area contributed by atoms with Gasteiger partial charge in [0.05, 0.1) is 13.0 Å². The highest BCUT2D eigenvalue weighted by molar-refractivity contribution is 5.90. The lowest BCUT2D eigenvalue weighted by Gasteiger charge is -2.09. The van der Waals surface area contributed by atoms with Gasteiger partial charge in [-0.3, -0.25) is 4.79 Å². The monoisotopic (exact) mass is 448 g/mol. The number of hydrogen-bond acceptors (Lipinski definition) is 5. The van der Waals surface area contributed by atoms with E-state index in [1.165, 1.54) is 57.4 Å². The molecule has 2 N–H and O–H groups in total. The second-order valence-electron chi connectivity index (χ2n) is 7.79. The molecule has 0 aliphatic carbocycles. The number of esters is 1. The van der Waals surface area contributed by atoms with E-state index in [9.17, 15) is 14.4 Å². The third-order valence-electron chi connectivity index (χ3n) is 4.95. The molecule has 0 spiro atoms. The Bertz CT molecular complexity index is 710. The Balaban J connectivity index is 2.22. The minimum Gasteiger partial charge on any atom is -0.494 e. The third-order valence-corrected chi connectivity index (χ3v) is 4.95. The summed E-state index contributed by atoms with van der Waals surface area (Å²) in [7, 11) is 0. The van der Waals surface area contributed by atoms with E-state index >= 15 is 0 Å². The molecule has 1 rings (SSSR count). The van der Waals surface area contributed by atoms with E-state index in [1.54, 1.807) is 24.3 Å². The number of carbonyl (C=O) groups excluding carboxylic acids is 1. The van der Waals surface area contributed by atoms with Crippen molar-refractivity contribution in [2.45, 2.75) is 83.7 Å². The first-order chi connectivity index (χ1) is 15.4. The molecule has 1 unspecified atom stereocenters. The van der Waals surface area contributed by atoms with Gasteiger partial charge in [-0.2, -0.15) is 0 Å². The van der Waals surface area contributed by atoms with Gasteiger partial charge in [0.1, 0.15) is 5.75 Å². The van der Waals surface area contributed by atoms with Crippen LogP contribution < -0.4 is 4.74 Å². The summed E-state index contributed by atoms with van der Waals surface area (Å²) in [6, 6.07) is 7.13. The number of carbonyl (C=O) groups is 3. The minimum atomic E-state index is -1.72. The second-order valence-corrected chi connectivity index (χ2v) is 7.79. The minimum absolute atomic E-state index is 0.665. The van der Waals surface area contributed by atoms with Crippen LogP contribution in [0.3, 0.4) is 0 Å². The van der Waals surface area contributed by atoms with Crippen LogP contribution in [0, 0.1) is 0 Å². The van der Waals surface area contributed by atoms with Gasteiger partial charge in [-0.25, -0.2) is 9.59 Å². The highest BCUT2D eigenvalue weighted by Crippen LogP contribution is 2.15. The van der Waals surface area contributed by atoms with Gasteiger partial charge in [-0.1, -0.05) is 76.8 Å². The molecule has 1 aromatic rings. The summed E-state index contributed by atoms with van der Waals surface area (Å²) in [6.07, 6.45) is 12.8. The molecular formula is C25H36O7. The number of benzene rings is 1. The van der Waals surface area contributed by atoms with E-state index < -0.39 is 30.4 Å². The SMILES string of the molecule is CCCCCCCCCCCCOc1ccc(C=CC(=O)OC(CC(=O)O)C(=O)O)cc1. The molecule has 178 valence electrons. The first-order valence-corrected chi connectivity index (χ1v) is 11.5.